The molecule has 1 heterocycles. The average Bonchev–Trinajstić information content (AvgIpc) is 3.08. The highest BCUT2D eigenvalue weighted by Crippen LogP contribution is 2.30. The van der Waals surface area contributed by atoms with Gasteiger partial charge in [0.1, 0.15) is 0 Å². The van der Waals surface area contributed by atoms with Gasteiger partial charge in [0, 0.05) is 0 Å². The maximum atomic E-state index is 5.38. The lowest BCUT2D eigenvalue weighted by Gasteiger charge is -2.22. The fraction of sp³-hybridized carbons (Fsp3) is 1.00. The number of hydrogen-bond donors (Lipinski definition) is 0. The van der Waals surface area contributed by atoms with E-state index >= 15 is 0 Å². The summed E-state index contributed by atoms with van der Waals surface area (Å²) in [5.41, 5.74) is 0. The van der Waals surface area contributed by atoms with Crippen molar-refractivity contribution in [2.45, 2.75) is 78.2 Å². The molecule has 0 spiro atoms. The molecule has 1 heteroatoms. The largest absolute Gasteiger partial charge is 0.373 e. The van der Waals surface area contributed by atoms with Crippen molar-refractivity contribution in [3.8, 4) is 0 Å². The Morgan fingerprint density at radius 1 is 1.06 bits per heavy atom. The molecule has 0 bridgehead atoms. The zero-order valence-corrected chi connectivity index (χ0v) is 11.5. The lowest BCUT2D eigenvalue weighted by atomic mass is 9.84. The fourth-order valence-corrected chi connectivity index (χ4v) is 2.77. The minimum atomic E-state index is 0.625. The molecule has 1 fully saturated rings. The van der Waals surface area contributed by atoms with E-state index in [2.05, 4.69) is 20.8 Å². The molecular formula is C15H30O. The third-order valence-corrected chi connectivity index (χ3v) is 3.91. The van der Waals surface area contributed by atoms with E-state index in [1.165, 1.54) is 51.4 Å². The van der Waals surface area contributed by atoms with Crippen molar-refractivity contribution >= 4 is 0 Å². The molecule has 96 valence electrons. The Balaban J connectivity index is 2.24. The van der Waals surface area contributed by atoms with E-state index in [9.17, 15) is 0 Å². The zero-order valence-electron chi connectivity index (χ0n) is 11.5. The van der Waals surface area contributed by atoms with Crippen LogP contribution >= 0.6 is 0 Å². The standard InChI is InChI=1S/C15H30O/c1-4-7-9-13(6-3)10-14(8-5-2)11-15-12-16-15/h13-15H,4-12H2,1-3H3. The Morgan fingerprint density at radius 2 is 1.81 bits per heavy atom. The van der Waals surface area contributed by atoms with Gasteiger partial charge in [0.25, 0.3) is 0 Å². The molecule has 0 saturated carbocycles. The van der Waals surface area contributed by atoms with E-state index < -0.39 is 0 Å². The van der Waals surface area contributed by atoms with Gasteiger partial charge in [0.15, 0.2) is 0 Å². The number of unbranched alkanes of at least 4 members (excludes halogenated alkanes) is 1. The summed E-state index contributed by atoms with van der Waals surface area (Å²) in [5, 5.41) is 0. The Bertz CT molecular complexity index is 163. The van der Waals surface area contributed by atoms with Crippen LogP contribution < -0.4 is 0 Å². The first-order chi connectivity index (χ1) is 7.80. The van der Waals surface area contributed by atoms with Crippen LogP contribution in [0.5, 0.6) is 0 Å². The summed E-state index contributed by atoms with van der Waals surface area (Å²) in [4.78, 5) is 0. The smallest absolute Gasteiger partial charge is 0.0812 e. The molecule has 0 aromatic heterocycles. The molecule has 1 rings (SSSR count). The van der Waals surface area contributed by atoms with Gasteiger partial charge in [-0.1, -0.05) is 59.3 Å². The van der Waals surface area contributed by atoms with E-state index in [1.807, 2.05) is 0 Å². The molecule has 0 N–H and O–H groups in total. The molecule has 16 heavy (non-hydrogen) atoms. The molecule has 0 radical (unpaired) electrons. The third kappa shape index (κ3) is 5.89. The van der Waals surface area contributed by atoms with Gasteiger partial charge in [-0.25, -0.2) is 0 Å². The summed E-state index contributed by atoms with van der Waals surface area (Å²) in [7, 11) is 0. The summed E-state index contributed by atoms with van der Waals surface area (Å²) >= 11 is 0. The highest BCUT2D eigenvalue weighted by molar-refractivity contribution is 4.76. The molecule has 3 unspecified atom stereocenters. The second-order valence-electron chi connectivity index (χ2n) is 5.50. The molecular weight excluding hydrogens is 196 g/mol. The molecule has 0 aliphatic carbocycles. The van der Waals surface area contributed by atoms with Crippen molar-refractivity contribution in [2.75, 3.05) is 6.61 Å². The highest BCUT2D eigenvalue weighted by atomic mass is 16.6. The predicted octanol–water partition coefficient (Wildman–Crippen LogP) is 4.80. The second kappa shape index (κ2) is 8.11. The Hall–Kier alpha value is -0.0400. The van der Waals surface area contributed by atoms with E-state index in [1.54, 1.807) is 0 Å². The summed E-state index contributed by atoms with van der Waals surface area (Å²) in [5.74, 6) is 1.90. The molecule has 3 atom stereocenters. The minimum absolute atomic E-state index is 0.625. The molecule has 1 aliphatic heterocycles. The monoisotopic (exact) mass is 226 g/mol. The normalized spacial score (nSPS) is 23.1. The van der Waals surface area contributed by atoms with Crippen LogP contribution in [0.4, 0.5) is 0 Å². The van der Waals surface area contributed by atoms with Gasteiger partial charge in [-0.3, -0.25) is 0 Å². The first-order valence-electron chi connectivity index (χ1n) is 7.41. The van der Waals surface area contributed by atoms with Gasteiger partial charge in [-0.2, -0.15) is 0 Å². The summed E-state index contributed by atoms with van der Waals surface area (Å²) in [6.45, 7) is 8.00. The van der Waals surface area contributed by atoms with Crippen molar-refractivity contribution in [1.29, 1.82) is 0 Å². The fourth-order valence-electron chi connectivity index (χ4n) is 2.77. The van der Waals surface area contributed by atoms with E-state index in [0.717, 1.165) is 18.4 Å². The quantitative estimate of drug-likeness (QED) is 0.488. The molecule has 0 aromatic rings. The van der Waals surface area contributed by atoms with Crippen LogP contribution in [0.1, 0.15) is 72.1 Å². The summed E-state index contributed by atoms with van der Waals surface area (Å²) in [6.07, 6.45) is 11.7. The van der Waals surface area contributed by atoms with Crippen LogP contribution in [-0.2, 0) is 4.74 Å². The van der Waals surface area contributed by atoms with Gasteiger partial charge < -0.3 is 4.74 Å². The summed E-state index contributed by atoms with van der Waals surface area (Å²) < 4.78 is 5.38. The van der Waals surface area contributed by atoms with Crippen LogP contribution in [0.3, 0.4) is 0 Å². The van der Waals surface area contributed by atoms with E-state index in [4.69, 9.17) is 4.74 Å². The van der Waals surface area contributed by atoms with Crippen LogP contribution in [0, 0.1) is 11.8 Å². The van der Waals surface area contributed by atoms with Crippen LogP contribution in [0.2, 0.25) is 0 Å². The van der Waals surface area contributed by atoms with Gasteiger partial charge in [0.05, 0.1) is 12.7 Å². The molecule has 0 aromatic carbocycles. The van der Waals surface area contributed by atoms with Gasteiger partial charge in [-0.15, -0.1) is 0 Å². The van der Waals surface area contributed by atoms with Crippen molar-refractivity contribution in [1.82, 2.24) is 0 Å². The topological polar surface area (TPSA) is 12.5 Å². The van der Waals surface area contributed by atoms with Crippen molar-refractivity contribution < 1.29 is 4.74 Å². The van der Waals surface area contributed by atoms with E-state index in [-0.39, 0.29) is 0 Å². The van der Waals surface area contributed by atoms with Crippen LogP contribution in [-0.4, -0.2) is 12.7 Å². The first-order valence-corrected chi connectivity index (χ1v) is 7.41. The number of ether oxygens (including phenoxy) is 1. The van der Waals surface area contributed by atoms with Crippen molar-refractivity contribution in [3.63, 3.8) is 0 Å². The lowest BCUT2D eigenvalue weighted by molar-refractivity contribution is 0.277. The number of rotatable bonds is 10. The predicted molar refractivity (Wildman–Crippen MR) is 70.7 cm³/mol. The first kappa shape index (κ1) is 14.0. The van der Waals surface area contributed by atoms with E-state index in [0.29, 0.717) is 6.10 Å². The second-order valence-corrected chi connectivity index (χ2v) is 5.50. The Labute approximate surface area is 102 Å². The van der Waals surface area contributed by atoms with Gasteiger partial charge in [-0.05, 0) is 24.7 Å². The Morgan fingerprint density at radius 3 is 2.31 bits per heavy atom. The lowest BCUT2D eigenvalue weighted by Crippen LogP contribution is -2.11. The number of hydrogen-bond acceptors (Lipinski definition) is 1. The maximum absolute atomic E-state index is 5.38. The van der Waals surface area contributed by atoms with Gasteiger partial charge in [0.2, 0.25) is 0 Å². The SMILES string of the molecule is CCCCC(CC)CC(CCC)CC1CO1. The Kier molecular flexibility index (Phi) is 7.11. The van der Waals surface area contributed by atoms with Crippen LogP contribution in [0.25, 0.3) is 0 Å². The molecule has 0 amide bonds. The number of epoxide rings is 1. The van der Waals surface area contributed by atoms with Crippen LogP contribution in [0.15, 0.2) is 0 Å². The highest BCUT2D eigenvalue weighted by Gasteiger charge is 2.27. The molecule has 1 aliphatic rings. The molecule has 1 saturated heterocycles. The maximum Gasteiger partial charge on any atom is 0.0812 e. The minimum Gasteiger partial charge on any atom is -0.373 e. The van der Waals surface area contributed by atoms with Gasteiger partial charge >= 0.3 is 0 Å². The zero-order chi connectivity index (χ0) is 11.8. The summed E-state index contributed by atoms with van der Waals surface area (Å²) in [6, 6.07) is 0. The van der Waals surface area contributed by atoms with Crippen molar-refractivity contribution in [3.05, 3.63) is 0 Å². The van der Waals surface area contributed by atoms with Crippen molar-refractivity contribution in [2.24, 2.45) is 11.8 Å². The molecule has 1 nitrogen and oxygen atoms in total. The average molecular weight is 226 g/mol. The third-order valence-electron chi connectivity index (χ3n) is 3.91.